The third-order valence-corrected chi connectivity index (χ3v) is 4.73. The zero-order chi connectivity index (χ0) is 14.7. The summed E-state index contributed by atoms with van der Waals surface area (Å²) in [5.74, 6) is -1.30. The molecule has 0 spiro atoms. The van der Waals surface area contributed by atoms with Crippen LogP contribution < -0.4 is 5.32 Å². The van der Waals surface area contributed by atoms with E-state index in [0.717, 1.165) is 17.7 Å². The molecule has 7 heteroatoms. The zero-order valence-electron chi connectivity index (χ0n) is 11.1. The van der Waals surface area contributed by atoms with Crippen LogP contribution in [0.1, 0.15) is 24.1 Å². The van der Waals surface area contributed by atoms with Crippen LogP contribution in [0, 0.1) is 5.92 Å². The maximum absolute atomic E-state index is 12.1. The van der Waals surface area contributed by atoms with Gasteiger partial charge in [-0.25, -0.2) is 4.79 Å². The molecule has 2 atom stereocenters. The molecule has 20 heavy (non-hydrogen) atoms. The van der Waals surface area contributed by atoms with Gasteiger partial charge in [0.15, 0.2) is 0 Å². The lowest BCUT2D eigenvalue weighted by atomic mass is 10.0. The van der Waals surface area contributed by atoms with Gasteiger partial charge in [-0.15, -0.1) is 11.3 Å². The predicted molar refractivity (Wildman–Crippen MR) is 78.1 cm³/mol. The molecule has 2 unspecified atom stereocenters. The van der Waals surface area contributed by atoms with Gasteiger partial charge in [0.05, 0.1) is 16.8 Å². The molecule has 2 rings (SSSR count). The number of hydrogen-bond donors (Lipinski definition) is 2. The van der Waals surface area contributed by atoms with Gasteiger partial charge >= 0.3 is 12.0 Å². The second-order valence-electron chi connectivity index (χ2n) is 4.99. The molecule has 1 saturated carbocycles. The smallest absolute Gasteiger partial charge is 0.317 e. The molecule has 0 aromatic carbocycles. The van der Waals surface area contributed by atoms with E-state index in [1.54, 1.807) is 18.0 Å². The maximum Gasteiger partial charge on any atom is 0.317 e. The lowest BCUT2D eigenvalue weighted by Crippen LogP contribution is -2.45. The molecule has 0 radical (unpaired) electrons. The molecule has 0 bridgehead atoms. The lowest BCUT2D eigenvalue weighted by molar-refractivity contribution is -0.142. The number of nitrogens with one attached hydrogen (secondary N) is 1. The van der Waals surface area contributed by atoms with Crippen molar-refractivity contribution in [2.45, 2.75) is 31.8 Å². The summed E-state index contributed by atoms with van der Waals surface area (Å²) < 4.78 is 0.690. The van der Waals surface area contributed by atoms with Crippen LogP contribution in [0.4, 0.5) is 4.79 Å². The van der Waals surface area contributed by atoms with Gasteiger partial charge in [0.1, 0.15) is 0 Å². The van der Waals surface area contributed by atoms with E-state index >= 15 is 0 Å². The number of carboxylic acid groups (broad SMARTS) is 1. The number of amides is 2. The average molecular weight is 317 g/mol. The Morgan fingerprint density at radius 1 is 1.50 bits per heavy atom. The monoisotopic (exact) mass is 316 g/mol. The molecular formula is C13H17ClN2O3S. The van der Waals surface area contributed by atoms with Gasteiger partial charge < -0.3 is 15.3 Å². The van der Waals surface area contributed by atoms with Crippen molar-refractivity contribution in [1.29, 1.82) is 0 Å². The number of hydrogen-bond acceptors (Lipinski definition) is 3. The number of rotatable bonds is 4. The summed E-state index contributed by atoms with van der Waals surface area (Å²) in [7, 11) is 1.69. The molecule has 1 aliphatic carbocycles. The largest absolute Gasteiger partial charge is 0.481 e. The van der Waals surface area contributed by atoms with E-state index in [9.17, 15) is 9.59 Å². The first-order valence-corrected chi connectivity index (χ1v) is 7.65. The zero-order valence-corrected chi connectivity index (χ0v) is 12.7. The van der Waals surface area contributed by atoms with Crippen molar-refractivity contribution in [2.75, 3.05) is 7.05 Å². The van der Waals surface area contributed by atoms with Crippen molar-refractivity contribution in [2.24, 2.45) is 5.92 Å². The SMILES string of the molecule is CN(Cc1ccc(Cl)s1)C(=O)NC1CCCC1C(=O)O. The number of carbonyl (C=O) groups excluding carboxylic acids is 1. The van der Waals surface area contributed by atoms with Gasteiger partial charge in [0, 0.05) is 18.0 Å². The molecular weight excluding hydrogens is 300 g/mol. The fourth-order valence-electron chi connectivity index (χ4n) is 2.44. The van der Waals surface area contributed by atoms with Crippen LogP contribution in [0.15, 0.2) is 12.1 Å². The highest BCUT2D eigenvalue weighted by Crippen LogP contribution is 2.26. The van der Waals surface area contributed by atoms with Gasteiger partial charge in [0.25, 0.3) is 0 Å². The van der Waals surface area contributed by atoms with Crippen molar-refractivity contribution in [3.63, 3.8) is 0 Å². The molecule has 1 heterocycles. The van der Waals surface area contributed by atoms with Crippen LogP contribution in [0.2, 0.25) is 4.34 Å². The van der Waals surface area contributed by atoms with Crippen LogP contribution in [0.25, 0.3) is 0 Å². The fourth-order valence-corrected chi connectivity index (χ4v) is 3.58. The van der Waals surface area contributed by atoms with Gasteiger partial charge in [-0.05, 0) is 25.0 Å². The number of aliphatic carboxylic acids is 1. The minimum atomic E-state index is -0.833. The van der Waals surface area contributed by atoms with E-state index < -0.39 is 11.9 Å². The standard InChI is InChI=1S/C13H17ClN2O3S/c1-16(7-8-5-6-11(14)20-8)13(19)15-10-4-2-3-9(10)12(17)18/h5-6,9-10H,2-4,7H2,1H3,(H,15,19)(H,17,18). The summed E-state index contributed by atoms with van der Waals surface area (Å²) >= 11 is 7.28. The minimum Gasteiger partial charge on any atom is -0.481 e. The summed E-state index contributed by atoms with van der Waals surface area (Å²) in [4.78, 5) is 25.7. The Labute approximate surface area is 126 Å². The Bertz CT molecular complexity index is 506. The van der Waals surface area contributed by atoms with Crippen LogP contribution in [-0.4, -0.2) is 35.1 Å². The topological polar surface area (TPSA) is 69.6 Å². The number of carboxylic acids is 1. The summed E-state index contributed by atoms with van der Waals surface area (Å²) in [5, 5.41) is 11.9. The third kappa shape index (κ3) is 3.64. The van der Waals surface area contributed by atoms with Gasteiger partial charge in [-0.1, -0.05) is 18.0 Å². The van der Waals surface area contributed by atoms with Gasteiger partial charge in [-0.3, -0.25) is 4.79 Å². The molecule has 0 aliphatic heterocycles. The van der Waals surface area contributed by atoms with Crippen molar-refractivity contribution >= 4 is 34.9 Å². The van der Waals surface area contributed by atoms with Crippen LogP contribution in [0.5, 0.6) is 0 Å². The predicted octanol–water partition coefficient (Wildman–Crippen LogP) is 2.80. The second kappa shape index (κ2) is 6.45. The van der Waals surface area contributed by atoms with Crippen molar-refractivity contribution in [1.82, 2.24) is 10.2 Å². The molecule has 5 nitrogen and oxygen atoms in total. The van der Waals surface area contributed by atoms with E-state index in [1.807, 2.05) is 6.07 Å². The van der Waals surface area contributed by atoms with E-state index in [0.29, 0.717) is 17.3 Å². The lowest BCUT2D eigenvalue weighted by Gasteiger charge is -2.22. The minimum absolute atomic E-state index is 0.243. The highest BCUT2D eigenvalue weighted by atomic mass is 35.5. The van der Waals surface area contributed by atoms with E-state index in [4.69, 9.17) is 16.7 Å². The molecule has 110 valence electrons. The van der Waals surface area contributed by atoms with Gasteiger partial charge in [-0.2, -0.15) is 0 Å². The third-order valence-electron chi connectivity index (χ3n) is 3.51. The van der Waals surface area contributed by atoms with Crippen LogP contribution >= 0.6 is 22.9 Å². The number of thiophene rings is 1. The van der Waals surface area contributed by atoms with Crippen LogP contribution in [0.3, 0.4) is 0 Å². The maximum atomic E-state index is 12.1. The van der Waals surface area contributed by atoms with Crippen molar-refractivity contribution in [3.05, 3.63) is 21.3 Å². The first-order valence-electron chi connectivity index (χ1n) is 6.46. The summed E-state index contributed by atoms with van der Waals surface area (Å²) in [5.41, 5.74) is 0. The molecule has 1 aromatic rings. The Morgan fingerprint density at radius 3 is 2.85 bits per heavy atom. The summed E-state index contributed by atoms with van der Waals surface area (Å²) in [6, 6.07) is 3.17. The van der Waals surface area contributed by atoms with Crippen LogP contribution in [-0.2, 0) is 11.3 Å². The highest BCUT2D eigenvalue weighted by molar-refractivity contribution is 7.16. The summed E-state index contributed by atoms with van der Waals surface area (Å²) in [6.45, 7) is 0.466. The molecule has 2 N–H and O–H groups in total. The van der Waals surface area contributed by atoms with E-state index in [1.165, 1.54) is 11.3 Å². The molecule has 0 saturated heterocycles. The molecule has 1 aliphatic rings. The first-order chi connectivity index (χ1) is 9.47. The number of urea groups is 1. The normalized spacial score (nSPS) is 21.7. The van der Waals surface area contributed by atoms with Crippen molar-refractivity contribution in [3.8, 4) is 0 Å². The summed E-state index contributed by atoms with van der Waals surface area (Å²) in [6.07, 6.45) is 2.19. The second-order valence-corrected chi connectivity index (χ2v) is 6.79. The molecule has 1 aromatic heterocycles. The number of nitrogens with zero attached hydrogens (tertiary/aromatic N) is 1. The van der Waals surface area contributed by atoms with Crippen molar-refractivity contribution < 1.29 is 14.7 Å². The molecule has 1 fully saturated rings. The average Bonchev–Trinajstić information content (AvgIpc) is 2.98. The Morgan fingerprint density at radius 2 is 2.25 bits per heavy atom. The number of halogens is 1. The Hall–Kier alpha value is -1.27. The fraction of sp³-hybridized carbons (Fsp3) is 0.538. The first kappa shape index (κ1) is 15.1. The highest BCUT2D eigenvalue weighted by Gasteiger charge is 2.34. The number of carbonyl (C=O) groups is 2. The Balaban J connectivity index is 1.89. The quantitative estimate of drug-likeness (QED) is 0.897. The van der Waals surface area contributed by atoms with E-state index in [2.05, 4.69) is 5.32 Å². The van der Waals surface area contributed by atoms with Gasteiger partial charge in [0.2, 0.25) is 0 Å². The Kier molecular flexibility index (Phi) is 4.88. The molecule has 2 amide bonds. The van der Waals surface area contributed by atoms with E-state index in [-0.39, 0.29) is 12.1 Å².